The highest BCUT2D eigenvalue weighted by molar-refractivity contribution is 6.58. The minimum absolute atomic E-state index is 0. The number of hydrogen-bond donors (Lipinski definition) is 2. The molecule has 0 radical (unpaired) electrons. The van der Waals surface area contributed by atoms with Crippen molar-refractivity contribution in [3.05, 3.63) is 24.0 Å². The first kappa shape index (κ1) is 12.8. The fourth-order valence-electron chi connectivity index (χ4n) is 0.951. The van der Waals surface area contributed by atoms with Gasteiger partial charge in [-0.2, -0.15) is 13.2 Å². The predicted molar refractivity (Wildman–Crippen MR) is 52.0 cm³/mol. The summed E-state index contributed by atoms with van der Waals surface area (Å²) in [4.78, 5) is 0. The Morgan fingerprint density at radius 3 is 2.44 bits per heavy atom. The summed E-state index contributed by atoms with van der Waals surface area (Å²) in [5.41, 5.74) is -0.154. The summed E-state index contributed by atoms with van der Waals surface area (Å²) in [7, 11) is -1.89. The Morgan fingerprint density at radius 1 is 1.31 bits per heavy atom. The van der Waals surface area contributed by atoms with Crippen molar-refractivity contribution in [3.63, 3.8) is 0 Å². The molecule has 2 N–H and O–H groups in total. The van der Waals surface area contributed by atoms with E-state index in [1.807, 2.05) is 0 Å². The predicted octanol–water partition coefficient (Wildman–Crippen LogP) is 0.939. The zero-order valence-corrected chi connectivity index (χ0v) is 7.83. The molecule has 0 heterocycles. The van der Waals surface area contributed by atoms with Crippen molar-refractivity contribution in [2.24, 2.45) is 0 Å². The lowest BCUT2D eigenvalue weighted by atomic mass is 9.80. The van der Waals surface area contributed by atoms with Gasteiger partial charge >= 0.3 is 13.3 Å². The molecular weight excluding hydrogens is 231 g/mol. The lowest BCUT2D eigenvalue weighted by Gasteiger charge is -2.10. The SMILES string of the molecule is OB(O)c1ccc(F)c(OCC(F)(F)F)c1.[HH].[HH]. The van der Waals surface area contributed by atoms with E-state index in [1.54, 1.807) is 0 Å². The molecule has 1 aromatic carbocycles. The lowest BCUT2D eigenvalue weighted by Crippen LogP contribution is -2.30. The molecule has 0 atom stereocenters. The third-order valence-corrected chi connectivity index (χ3v) is 1.64. The van der Waals surface area contributed by atoms with Crippen LogP contribution in [-0.4, -0.2) is 29.9 Å². The Hall–Kier alpha value is -1.28. The second kappa shape index (κ2) is 4.71. The van der Waals surface area contributed by atoms with E-state index >= 15 is 0 Å². The molecule has 0 spiro atoms. The van der Waals surface area contributed by atoms with Gasteiger partial charge < -0.3 is 14.8 Å². The highest BCUT2D eigenvalue weighted by Crippen LogP contribution is 2.20. The normalized spacial score (nSPS) is 11.4. The first-order chi connectivity index (χ1) is 7.29. The van der Waals surface area contributed by atoms with E-state index in [0.29, 0.717) is 0 Å². The molecule has 1 aromatic rings. The molecule has 0 unspecified atom stereocenters. The van der Waals surface area contributed by atoms with Crippen LogP contribution in [0.15, 0.2) is 18.2 Å². The van der Waals surface area contributed by atoms with E-state index in [4.69, 9.17) is 10.0 Å². The van der Waals surface area contributed by atoms with E-state index in [2.05, 4.69) is 4.74 Å². The van der Waals surface area contributed by atoms with Crippen LogP contribution in [0.5, 0.6) is 5.75 Å². The first-order valence-corrected chi connectivity index (χ1v) is 4.15. The number of benzene rings is 1. The number of rotatable bonds is 3. The number of ether oxygens (including phenoxy) is 1. The maximum Gasteiger partial charge on any atom is 0.488 e. The second-order valence-corrected chi connectivity index (χ2v) is 2.97. The van der Waals surface area contributed by atoms with Gasteiger partial charge in [-0.3, -0.25) is 0 Å². The molecule has 0 aromatic heterocycles. The summed E-state index contributed by atoms with van der Waals surface area (Å²) in [6.45, 7) is -1.64. The topological polar surface area (TPSA) is 49.7 Å². The highest BCUT2D eigenvalue weighted by Gasteiger charge is 2.29. The molecule has 3 nitrogen and oxygen atoms in total. The van der Waals surface area contributed by atoms with Crippen LogP contribution in [0.25, 0.3) is 0 Å². The lowest BCUT2D eigenvalue weighted by molar-refractivity contribution is -0.153. The highest BCUT2D eigenvalue weighted by atomic mass is 19.4. The van der Waals surface area contributed by atoms with Crippen molar-refractivity contribution in [1.29, 1.82) is 0 Å². The monoisotopic (exact) mass is 242 g/mol. The summed E-state index contributed by atoms with van der Waals surface area (Å²) < 4.78 is 52.5. The van der Waals surface area contributed by atoms with Crippen LogP contribution >= 0.6 is 0 Å². The van der Waals surface area contributed by atoms with Gasteiger partial charge in [0.1, 0.15) is 0 Å². The van der Waals surface area contributed by atoms with E-state index in [0.717, 1.165) is 18.2 Å². The Balaban J connectivity index is 0. The summed E-state index contributed by atoms with van der Waals surface area (Å²) in [6, 6.07) is 2.62. The van der Waals surface area contributed by atoms with E-state index in [9.17, 15) is 17.6 Å². The molecule has 0 amide bonds. The smallest absolute Gasteiger partial charge is 0.481 e. The van der Waals surface area contributed by atoms with Crippen molar-refractivity contribution in [2.75, 3.05) is 6.61 Å². The molecule has 0 saturated carbocycles. The number of hydrogen-bond acceptors (Lipinski definition) is 3. The standard InChI is InChI=1S/C8H7BF4O3.2H2/c10-6-2-1-5(9(14)15)3-7(6)16-4-8(11,12)13;;/h1-3,14-15H,4H2;2*1H. The maximum atomic E-state index is 13.0. The Labute approximate surface area is 91.4 Å². The van der Waals surface area contributed by atoms with Crippen LogP contribution in [0.4, 0.5) is 17.6 Å². The van der Waals surface area contributed by atoms with Gasteiger partial charge in [0.2, 0.25) is 0 Å². The van der Waals surface area contributed by atoms with Crippen LogP contribution in [0, 0.1) is 5.82 Å². The second-order valence-electron chi connectivity index (χ2n) is 2.97. The zero-order chi connectivity index (χ0) is 12.3. The van der Waals surface area contributed by atoms with E-state index in [1.165, 1.54) is 0 Å². The third kappa shape index (κ3) is 3.71. The van der Waals surface area contributed by atoms with Gasteiger partial charge in [-0.25, -0.2) is 4.39 Å². The maximum absolute atomic E-state index is 13.0. The Kier molecular flexibility index (Phi) is 3.76. The molecule has 0 aliphatic carbocycles. The van der Waals surface area contributed by atoms with Crippen molar-refractivity contribution >= 4 is 12.6 Å². The van der Waals surface area contributed by atoms with Crippen LogP contribution in [-0.2, 0) is 0 Å². The fraction of sp³-hybridized carbons (Fsp3) is 0.250. The Bertz CT molecular complexity index is 376. The quantitative estimate of drug-likeness (QED) is 0.612. The molecule has 1 rings (SSSR count). The zero-order valence-electron chi connectivity index (χ0n) is 7.83. The van der Waals surface area contributed by atoms with Crippen LogP contribution in [0.1, 0.15) is 2.85 Å². The van der Waals surface area contributed by atoms with Gasteiger partial charge in [0, 0.05) is 2.85 Å². The fourth-order valence-corrected chi connectivity index (χ4v) is 0.951. The minimum Gasteiger partial charge on any atom is -0.481 e. The van der Waals surface area contributed by atoms with Gasteiger partial charge in [0.15, 0.2) is 18.2 Å². The Morgan fingerprint density at radius 2 is 1.94 bits per heavy atom. The van der Waals surface area contributed by atoms with Crippen LogP contribution in [0.3, 0.4) is 0 Å². The molecule has 0 aliphatic rings. The largest absolute Gasteiger partial charge is 0.488 e. The van der Waals surface area contributed by atoms with Gasteiger partial charge in [-0.15, -0.1) is 0 Å². The summed E-state index contributed by atoms with van der Waals surface area (Å²) in [5, 5.41) is 17.4. The minimum atomic E-state index is -4.58. The van der Waals surface area contributed by atoms with Crippen molar-refractivity contribution in [3.8, 4) is 5.75 Å². The number of halogens is 4. The van der Waals surface area contributed by atoms with Crippen molar-refractivity contribution in [1.82, 2.24) is 0 Å². The first-order valence-electron chi connectivity index (χ1n) is 4.15. The average molecular weight is 242 g/mol. The average Bonchev–Trinajstić information content (AvgIpc) is 2.14. The van der Waals surface area contributed by atoms with Crippen LogP contribution in [0.2, 0.25) is 0 Å². The van der Waals surface area contributed by atoms with Crippen LogP contribution < -0.4 is 10.2 Å². The van der Waals surface area contributed by atoms with Gasteiger partial charge in [0.25, 0.3) is 0 Å². The molecule has 16 heavy (non-hydrogen) atoms. The summed E-state index contributed by atoms with van der Waals surface area (Å²) in [5.74, 6) is -1.68. The molecule has 0 fully saturated rings. The molecular formula is C8H11BF4O3. The van der Waals surface area contributed by atoms with E-state index < -0.39 is 31.5 Å². The van der Waals surface area contributed by atoms with Crippen molar-refractivity contribution in [2.45, 2.75) is 6.18 Å². The number of alkyl halides is 3. The molecule has 0 bridgehead atoms. The summed E-state index contributed by atoms with van der Waals surface area (Å²) >= 11 is 0. The van der Waals surface area contributed by atoms with Gasteiger partial charge in [-0.1, -0.05) is 6.07 Å². The summed E-state index contributed by atoms with van der Waals surface area (Å²) in [6.07, 6.45) is -4.58. The van der Waals surface area contributed by atoms with E-state index in [-0.39, 0.29) is 8.32 Å². The molecule has 0 saturated heterocycles. The third-order valence-electron chi connectivity index (χ3n) is 1.64. The van der Waals surface area contributed by atoms with Gasteiger partial charge in [-0.05, 0) is 17.6 Å². The van der Waals surface area contributed by atoms with Crippen molar-refractivity contribution < 1.29 is 35.2 Å². The van der Waals surface area contributed by atoms with Gasteiger partial charge in [0.05, 0.1) is 0 Å². The molecule has 0 aliphatic heterocycles. The molecule has 92 valence electrons. The molecule has 8 heteroatoms.